The van der Waals surface area contributed by atoms with Crippen LogP contribution in [0.25, 0.3) is 0 Å². The van der Waals surface area contributed by atoms with Crippen molar-refractivity contribution in [3.8, 4) is 0 Å². The number of hydrogen-bond donors (Lipinski definition) is 1. The normalized spacial score (nSPS) is 13.2. The third-order valence-electron chi connectivity index (χ3n) is 4.73. The van der Waals surface area contributed by atoms with Crippen LogP contribution in [-0.2, 0) is 30.1 Å². The summed E-state index contributed by atoms with van der Waals surface area (Å²) in [6, 6.07) is 15.5. The first kappa shape index (κ1) is 25.7. The predicted molar refractivity (Wildman–Crippen MR) is 129 cm³/mol. The Labute approximate surface area is 203 Å². The van der Waals surface area contributed by atoms with Crippen LogP contribution in [0.5, 0.6) is 0 Å². The van der Waals surface area contributed by atoms with Gasteiger partial charge >= 0.3 is 6.18 Å². The van der Waals surface area contributed by atoms with E-state index in [1.807, 2.05) is 36.4 Å². The third-order valence-corrected chi connectivity index (χ3v) is 7.84. The van der Waals surface area contributed by atoms with Crippen molar-refractivity contribution in [3.05, 3.63) is 88.1 Å². The monoisotopic (exact) mass is 512 g/mol. The molecule has 0 aliphatic carbocycles. The molecule has 0 bridgehead atoms. The van der Waals surface area contributed by atoms with Gasteiger partial charge in [0.2, 0.25) is 0 Å². The summed E-state index contributed by atoms with van der Waals surface area (Å²) in [5, 5.41) is 0.636. The summed E-state index contributed by atoms with van der Waals surface area (Å²) in [6.07, 6.45) is -2.50. The van der Waals surface area contributed by atoms with Gasteiger partial charge in [0, 0.05) is 34.6 Å². The van der Waals surface area contributed by atoms with Crippen LogP contribution >= 0.6 is 23.4 Å². The van der Waals surface area contributed by atoms with Crippen molar-refractivity contribution in [1.29, 1.82) is 0 Å². The number of hydrogen-bond acceptors (Lipinski definition) is 3. The molecule has 1 N–H and O–H groups in total. The number of halogens is 4. The molecule has 0 aliphatic rings. The number of benzene rings is 2. The maximum absolute atomic E-state index is 13.9. The van der Waals surface area contributed by atoms with Crippen LogP contribution in [-0.4, -0.2) is 13.9 Å². The lowest BCUT2D eigenvalue weighted by Gasteiger charge is -2.21. The van der Waals surface area contributed by atoms with Crippen LogP contribution in [0.2, 0.25) is 5.02 Å². The molecule has 2 aromatic carbocycles. The first-order chi connectivity index (χ1) is 15.5. The molecule has 176 valence electrons. The maximum atomic E-state index is 13.9. The standard InChI is InChI=1S/C24H24ClF3N2OS2/c1-23(2,3)33(31)30-15-18-20(25)12-11-19(24(26,27)28)21(18)32-22-17(10-7-13-29-22)14-16-8-5-4-6-9-16/h4-13,30H,14-15H2,1-3H3. The molecule has 1 heterocycles. The van der Waals surface area contributed by atoms with Crippen LogP contribution in [0.1, 0.15) is 43.0 Å². The van der Waals surface area contributed by atoms with Crippen LogP contribution in [0.4, 0.5) is 13.2 Å². The van der Waals surface area contributed by atoms with Gasteiger partial charge in [-0.05, 0) is 50.1 Å². The number of pyridine rings is 1. The van der Waals surface area contributed by atoms with Crippen LogP contribution in [0.3, 0.4) is 0 Å². The van der Waals surface area contributed by atoms with Gasteiger partial charge in [-0.3, -0.25) is 0 Å². The maximum Gasteiger partial charge on any atom is 0.417 e. The number of alkyl halides is 3. The highest BCUT2D eigenvalue weighted by Gasteiger charge is 2.36. The lowest BCUT2D eigenvalue weighted by Crippen LogP contribution is -2.33. The van der Waals surface area contributed by atoms with Gasteiger partial charge in [-0.15, -0.1) is 0 Å². The molecule has 1 aromatic heterocycles. The van der Waals surface area contributed by atoms with Gasteiger partial charge in [-0.1, -0.05) is 59.8 Å². The average molecular weight is 513 g/mol. The minimum atomic E-state index is -4.58. The molecule has 0 saturated carbocycles. The summed E-state index contributed by atoms with van der Waals surface area (Å²) in [7, 11) is -1.47. The molecule has 0 aliphatic heterocycles. The zero-order valence-electron chi connectivity index (χ0n) is 18.4. The van der Waals surface area contributed by atoms with Gasteiger partial charge in [-0.2, -0.15) is 13.2 Å². The largest absolute Gasteiger partial charge is 0.417 e. The Morgan fingerprint density at radius 3 is 2.36 bits per heavy atom. The van der Waals surface area contributed by atoms with Crippen LogP contribution < -0.4 is 4.72 Å². The minimum Gasteiger partial charge on any atom is -0.249 e. The molecule has 0 radical (unpaired) electrons. The molecular formula is C24H24ClF3N2OS2. The van der Waals surface area contributed by atoms with Crippen molar-refractivity contribution in [2.24, 2.45) is 0 Å². The Morgan fingerprint density at radius 2 is 1.73 bits per heavy atom. The molecule has 3 aromatic rings. The Hall–Kier alpha value is -1.87. The van der Waals surface area contributed by atoms with Crippen molar-refractivity contribution in [1.82, 2.24) is 9.71 Å². The molecule has 1 unspecified atom stereocenters. The second kappa shape index (κ2) is 10.6. The summed E-state index contributed by atoms with van der Waals surface area (Å²) < 4.78 is 56.5. The zero-order chi connectivity index (χ0) is 24.2. The number of aromatic nitrogens is 1. The van der Waals surface area contributed by atoms with E-state index in [2.05, 4.69) is 9.71 Å². The molecular weight excluding hydrogens is 489 g/mol. The summed E-state index contributed by atoms with van der Waals surface area (Å²) >= 11 is 7.28. The number of nitrogens with zero attached hydrogens (tertiary/aromatic N) is 1. The van der Waals surface area contributed by atoms with Gasteiger partial charge in [0.05, 0.1) is 21.3 Å². The summed E-state index contributed by atoms with van der Waals surface area (Å²) in [5.74, 6) is 0. The highest BCUT2D eigenvalue weighted by molar-refractivity contribution is 7.99. The lowest BCUT2D eigenvalue weighted by atomic mass is 10.1. The van der Waals surface area contributed by atoms with E-state index in [1.165, 1.54) is 6.07 Å². The Kier molecular flexibility index (Phi) is 8.26. The van der Waals surface area contributed by atoms with Gasteiger partial charge in [-0.25, -0.2) is 13.9 Å². The van der Waals surface area contributed by atoms with Gasteiger partial charge < -0.3 is 0 Å². The highest BCUT2D eigenvalue weighted by atomic mass is 35.5. The van der Waals surface area contributed by atoms with E-state index >= 15 is 0 Å². The van der Waals surface area contributed by atoms with Gasteiger partial charge in [0.15, 0.2) is 0 Å². The third kappa shape index (κ3) is 6.82. The summed E-state index contributed by atoms with van der Waals surface area (Å²) in [4.78, 5) is 4.33. The van der Waals surface area contributed by atoms with E-state index in [0.29, 0.717) is 11.4 Å². The van der Waals surface area contributed by atoms with Crippen molar-refractivity contribution >= 4 is 34.3 Å². The molecule has 0 amide bonds. The first-order valence-corrected chi connectivity index (χ1v) is 12.5. The van der Waals surface area contributed by atoms with E-state index in [0.717, 1.165) is 29.0 Å². The van der Waals surface area contributed by atoms with Crippen molar-refractivity contribution < 1.29 is 17.4 Å². The average Bonchev–Trinajstić information content (AvgIpc) is 2.73. The molecule has 33 heavy (non-hydrogen) atoms. The Bertz CT molecular complexity index is 1130. The Balaban J connectivity index is 2.03. The van der Waals surface area contributed by atoms with Crippen LogP contribution in [0.15, 0.2) is 70.7 Å². The first-order valence-electron chi connectivity index (χ1n) is 10.2. The highest BCUT2D eigenvalue weighted by Crippen LogP contribution is 2.44. The lowest BCUT2D eigenvalue weighted by molar-refractivity contribution is -0.139. The zero-order valence-corrected chi connectivity index (χ0v) is 20.8. The molecule has 9 heteroatoms. The summed E-state index contributed by atoms with van der Waals surface area (Å²) in [5.41, 5.74) is 1.27. The van der Waals surface area contributed by atoms with E-state index in [4.69, 9.17) is 11.6 Å². The molecule has 0 saturated heterocycles. The molecule has 0 spiro atoms. The minimum absolute atomic E-state index is 0.0404. The molecule has 0 fully saturated rings. The predicted octanol–water partition coefficient (Wildman–Crippen LogP) is 7.05. The fourth-order valence-electron chi connectivity index (χ4n) is 3.03. The van der Waals surface area contributed by atoms with E-state index in [1.54, 1.807) is 33.0 Å². The van der Waals surface area contributed by atoms with Gasteiger partial charge in [0.25, 0.3) is 0 Å². The van der Waals surface area contributed by atoms with Crippen molar-refractivity contribution in [2.45, 2.75) is 54.6 Å². The van der Waals surface area contributed by atoms with Crippen molar-refractivity contribution in [2.75, 3.05) is 0 Å². The molecule has 3 rings (SSSR count). The molecule has 1 atom stereocenters. The Morgan fingerprint density at radius 1 is 1.03 bits per heavy atom. The SMILES string of the molecule is CC(C)(C)S(=O)NCc1c(Cl)ccc(C(F)(F)F)c1Sc1ncccc1Cc1ccccc1. The van der Waals surface area contributed by atoms with Gasteiger partial charge in [0.1, 0.15) is 5.03 Å². The van der Waals surface area contributed by atoms with E-state index in [9.17, 15) is 17.4 Å². The fourth-order valence-corrected chi connectivity index (χ4v) is 5.19. The van der Waals surface area contributed by atoms with E-state index in [-0.39, 0.29) is 22.0 Å². The number of nitrogens with one attached hydrogen (secondary N) is 1. The quantitative estimate of drug-likeness (QED) is 0.369. The second-order valence-electron chi connectivity index (χ2n) is 8.33. The van der Waals surface area contributed by atoms with Crippen LogP contribution in [0, 0.1) is 0 Å². The summed E-state index contributed by atoms with van der Waals surface area (Å²) in [6.45, 7) is 5.27. The topological polar surface area (TPSA) is 42.0 Å². The van der Waals surface area contributed by atoms with E-state index < -0.39 is 27.5 Å². The number of rotatable bonds is 7. The van der Waals surface area contributed by atoms with Crippen molar-refractivity contribution in [3.63, 3.8) is 0 Å². The fraction of sp³-hybridized carbons (Fsp3) is 0.292. The smallest absolute Gasteiger partial charge is 0.249 e. The molecule has 3 nitrogen and oxygen atoms in total. The second-order valence-corrected chi connectivity index (χ2v) is 11.8.